The van der Waals surface area contributed by atoms with Crippen LogP contribution in [0.1, 0.15) is 35.0 Å². The molecule has 0 amide bonds. The van der Waals surface area contributed by atoms with Crippen LogP contribution in [0.2, 0.25) is 0 Å². The van der Waals surface area contributed by atoms with Crippen LogP contribution in [0.25, 0.3) is 0 Å². The molecule has 4 heteroatoms. The van der Waals surface area contributed by atoms with E-state index >= 15 is 0 Å². The van der Waals surface area contributed by atoms with Crippen molar-refractivity contribution >= 4 is 11.3 Å². The third-order valence-electron chi connectivity index (χ3n) is 3.25. The Morgan fingerprint density at radius 2 is 2.24 bits per heavy atom. The molecular weight excluding hydrogens is 232 g/mol. The van der Waals surface area contributed by atoms with Crippen molar-refractivity contribution < 1.29 is 5.11 Å². The van der Waals surface area contributed by atoms with Gasteiger partial charge in [-0.25, -0.2) is 0 Å². The summed E-state index contributed by atoms with van der Waals surface area (Å²) in [6.07, 6.45) is 1.27. The molecule has 0 saturated carbocycles. The molecule has 1 unspecified atom stereocenters. The molecule has 2 rings (SSSR count). The number of aliphatic hydroxyl groups excluding tert-OH is 1. The Kier molecular flexibility index (Phi) is 3.64. The molecule has 0 saturated heterocycles. The summed E-state index contributed by atoms with van der Waals surface area (Å²) in [6.45, 7) is 4.10. The Balaban J connectivity index is 2.03. The third kappa shape index (κ3) is 2.58. The quantitative estimate of drug-likeness (QED) is 0.906. The van der Waals surface area contributed by atoms with Crippen molar-refractivity contribution in [1.82, 2.24) is 9.78 Å². The number of nitrogens with zero attached hydrogens (tertiary/aromatic N) is 2. The zero-order valence-electron chi connectivity index (χ0n) is 10.5. The Hall–Kier alpha value is -1.13. The number of hydrogen-bond acceptors (Lipinski definition) is 3. The molecule has 3 nitrogen and oxygen atoms in total. The highest BCUT2D eigenvalue weighted by Gasteiger charge is 2.13. The van der Waals surface area contributed by atoms with Crippen molar-refractivity contribution in [3.05, 3.63) is 39.3 Å². The molecule has 92 valence electrons. The van der Waals surface area contributed by atoms with E-state index in [1.807, 2.05) is 35.5 Å². The van der Waals surface area contributed by atoms with E-state index in [0.717, 1.165) is 24.1 Å². The van der Waals surface area contributed by atoms with Crippen molar-refractivity contribution in [2.45, 2.75) is 32.8 Å². The van der Waals surface area contributed by atoms with Gasteiger partial charge in [-0.3, -0.25) is 4.68 Å². The summed E-state index contributed by atoms with van der Waals surface area (Å²) >= 11 is 1.62. The molecule has 0 bridgehead atoms. The lowest BCUT2D eigenvalue weighted by Gasteiger charge is -2.08. The van der Waals surface area contributed by atoms with E-state index in [9.17, 15) is 5.11 Å². The van der Waals surface area contributed by atoms with Gasteiger partial charge in [-0.1, -0.05) is 0 Å². The normalized spacial score (nSPS) is 12.9. The van der Waals surface area contributed by atoms with Gasteiger partial charge < -0.3 is 5.11 Å². The van der Waals surface area contributed by atoms with Crippen LogP contribution in [0.5, 0.6) is 0 Å². The summed E-state index contributed by atoms with van der Waals surface area (Å²) in [7, 11) is 1.96. The molecular formula is C13H18N2OS. The van der Waals surface area contributed by atoms with Crippen LogP contribution in [0.4, 0.5) is 0 Å². The molecule has 0 spiro atoms. The Bertz CT molecular complexity index is 488. The van der Waals surface area contributed by atoms with Gasteiger partial charge in [0.25, 0.3) is 0 Å². The Morgan fingerprint density at radius 1 is 1.47 bits per heavy atom. The van der Waals surface area contributed by atoms with Crippen LogP contribution >= 0.6 is 11.3 Å². The molecule has 0 radical (unpaired) electrons. The van der Waals surface area contributed by atoms with E-state index in [4.69, 9.17) is 0 Å². The molecule has 2 aromatic rings. The third-order valence-corrected chi connectivity index (χ3v) is 3.96. The van der Waals surface area contributed by atoms with Gasteiger partial charge in [-0.2, -0.15) is 16.4 Å². The molecule has 0 fully saturated rings. The maximum atomic E-state index is 10.0. The Morgan fingerprint density at radius 3 is 2.76 bits per heavy atom. The fourth-order valence-electron chi connectivity index (χ4n) is 2.09. The second kappa shape index (κ2) is 5.02. The molecule has 17 heavy (non-hydrogen) atoms. The fraction of sp³-hybridized carbons (Fsp3) is 0.462. The van der Waals surface area contributed by atoms with Crippen molar-refractivity contribution in [3.8, 4) is 0 Å². The lowest BCUT2D eigenvalue weighted by molar-refractivity contribution is 0.168. The summed E-state index contributed by atoms with van der Waals surface area (Å²) < 4.78 is 1.90. The van der Waals surface area contributed by atoms with Crippen LogP contribution < -0.4 is 0 Å². The number of hydrogen-bond donors (Lipinski definition) is 1. The maximum Gasteiger partial charge on any atom is 0.0801 e. The molecule has 0 aromatic carbocycles. The van der Waals surface area contributed by atoms with E-state index in [2.05, 4.69) is 12.0 Å². The minimum absolute atomic E-state index is 0.361. The first-order chi connectivity index (χ1) is 8.09. The number of rotatable bonds is 4. The standard InChI is InChI=1S/C13H18N2OS/c1-9-12(10(2)15(3)14-9)4-5-13(16)11-6-7-17-8-11/h6-8,13,16H,4-5H2,1-3H3. The molecule has 1 N–H and O–H groups in total. The molecule has 2 heterocycles. The summed E-state index contributed by atoms with van der Waals surface area (Å²) in [5.41, 5.74) is 4.55. The number of thiophene rings is 1. The predicted octanol–water partition coefficient (Wildman–Crippen LogP) is 2.76. The first kappa shape index (κ1) is 12.3. The summed E-state index contributed by atoms with van der Waals surface area (Å²) in [5.74, 6) is 0. The van der Waals surface area contributed by atoms with Crippen molar-refractivity contribution in [2.75, 3.05) is 0 Å². The van der Waals surface area contributed by atoms with Crippen molar-refractivity contribution in [3.63, 3.8) is 0 Å². The number of aliphatic hydroxyl groups is 1. The first-order valence-electron chi connectivity index (χ1n) is 5.79. The Labute approximate surface area is 106 Å². The summed E-state index contributed by atoms with van der Waals surface area (Å²) in [5, 5.41) is 18.4. The minimum atomic E-state index is -0.361. The highest BCUT2D eigenvalue weighted by Crippen LogP contribution is 2.23. The molecule has 1 atom stereocenters. The summed E-state index contributed by atoms with van der Waals surface area (Å²) in [6, 6.07) is 1.98. The van der Waals surface area contributed by atoms with Gasteiger partial charge >= 0.3 is 0 Å². The lowest BCUT2D eigenvalue weighted by atomic mass is 10.0. The lowest BCUT2D eigenvalue weighted by Crippen LogP contribution is -2.00. The molecule has 0 aliphatic carbocycles. The zero-order chi connectivity index (χ0) is 12.4. The van der Waals surface area contributed by atoms with Gasteiger partial charge in [0.2, 0.25) is 0 Å². The predicted molar refractivity (Wildman–Crippen MR) is 70.3 cm³/mol. The monoisotopic (exact) mass is 250 g/mol. The van der Waals surface area contributed by atoms with Gasteiger partial charge in [0.1, 0.15) is 0 Å². The van der Waals surface area contributed by atoms with Crippen LogP contribution in [0.15, 0.2) is 16.8 Å². The highest BCUT2D eigenvalue weighted by atomic mass is 32.1. The minimum Gasteiger partial charge on any atom is -0.388 e. The number of aryl methyl sites for hydroxylation is 2. The van der Waals surface area contributed by atoms with Crippen molar-refractivity contribution in [1.29, 1.82) is 0 Å². The number of aromatic nitrogens is 2. The maximum absolute atomic E-state index is 10.0. The molecule has 2 aromatic heterocycles. The molecule has 0 aliphatic heterocycles. The zero-order valence-corrected chi connectivity index (χ0v) is 11.3. The van der Waals surface area contributed by atoms with Crippen LogP contribution in [0.3, 0.4) is 0 Å². The highest BCUT2D eigenvalue weighted by molar-refractivity contribution is 7.07. The van der Waals surface area contributed by atoms with Gasteiger partial charge in [0.05, 0.1) is 11.8 Å². The fourth-order valence-corrected chi connectivity index (χ4v) is 2.80. The van der Waals surface area contributed by atoms with E-state index in [-0.39, 0.29) is 6.10 Å². The SMILES string of the molecule is Cc1nn(C)c(C)c1CCC(O)c1ccsc1. The van der Waals surface area contributed by atoms with Crippen LogP contribution in [-0.2, 0) is 13.5 Å². The van der Waals surface area contributed by atoms with Crippen LogP contribution in [-0.4, -0.2) is 14.9 Å². The second-order valence-electron chi connectivity index (χ2n) is 4.38. The van der Waals surface area contributed by atoms with Crippen LogP contribution in [0, 0.1) is 13.8 Å². The van der Waals surface area contributed by atoms with E-state index < -0.39 is 0 Å². The van der Waals surface area contributed by atoms with Gasteiger partial charge in [0.15, 0.2) is 0 Å². The van der Waals surface area contributed by atoms with Gasteiger partial charge in [-0.05, 0) is 54.6 Å². The smallest absolute Gasteiger partial charge is 0.0801 e. The molecule has 0 aliphatic rings. The van der Waals surface area contributed by atoms with Gasteiger partial charge in [0, 0.05) is 12.7 Å². The second-order valence-corrected chi connectivity index (χ2v) is 5.16. The average Bonchev–Trinajstić information content (AvgIpc) is 2.88. The van der Waals surface area contributed by atoms with Gasteiger partial charge in [-0.15, -0.1) is 0 Å². The largest absolute Gasteiger partial charge is 0.388 e. The van der Waals surface area contributed by atoms with E-state index in [0.29, 0.717) is 0 Å². The van der Waals surface area contributed by atoms with E-state index in [1.165, 1.54) is 11.3 Å². The summed E-state index contributed by atoms with van der Waals surface area (Å²) in [4.78, 5) is 0. The van der Waals surface area contributed by atoms with Crippen molar-refractivity contribution in [2.24, 2.45) is 7.05 Å². The first-order valence-corrected chi connectivity index (χ1v) is 6.73. The van der Waals surface area contributed by atoms with E-state index in [1.54, 1.807) is 11.3 Å². The topological polar surface area (TPSA) is 38.0 Å². The average molecular weight is 250 g/mol.